The molecule has 166 valence electrons. The van der Waals surface area contributed by atoms with Crippen LogP contribution >= 0.6 is 0 Å². The molecule has 7 nitrogen and oxygen atoms in total. The lowest BCUT2D eigenvalue weighted by atomic mass is 9.91. The van der Waals surface area contributed by atoms with E-state index >= 15 is 0 Å². The van der Waals surface area contributed by atoms with Crippen molar-refractivity contribution in [3.63, 3.8) is 0 Å². The molecule has 32 heavy (non-hydrogen) atoms. The molecule has 1 saturated heterocycles. The van der Waals surface area contributed by atoms with Gasteiger partial charge in [-0.05, 0) is 40.5 Å². The summed E-state index contributed by atoms with van der Waals surface area (Å²) >= 11 is 0. The normalized spacial score (nSPS) is 16.8. The van der Waals surface area contributed by atoms with Gasteiger partial charge < -0.3 is 24.2 Å². The zero-order valence-electron chi connectivity index (χ0n) is 18.2. The Hall–Kier alpha value is -3.74. The molecule has 0 aliphatic carbocycles. The number of methoxy groups -OCH3 is 3. The highest BCUT2D eigenvalue weighted by atomic mass is 16.5. The summed E-state index contributed by atoms with van der Waals surface area (Å²) in [5, 5.41) is 11.8. The third kappa shape index (κ3) is 3.60. The fraction of sp³-hybridized carbons (Fsp3) is 0.280. The van der Waals surface area contributed by atoms with Gasteiger partial charge in [0, 0.05) is 6.42 Å². The minimum absolute atomic E-state index is 0.183. The first-order valence-corrected chi connectivity index (χ1v) is 10.3. The van der Waals surface area contributed by atoms with Gasteiger partial charge in [-0.15, -0.1) is 0 Å². The van der Waals surface area contributed by atoms with E-state index < -0.39 is 18.1 Å². The third-order valence-corrected chi connectivity index (χ3v) is 5.94. The quantitative estimate of drug-likeness (QED) is 0.603. The van der Waals surface area contributed by atoms with Crippen LogP contribution in [0.15, 0.2) is 54.6 Å². The fourth-order valence-corrected chi connectivity index (χ4v) is 4.51. The van der Waals surface area contributed by atoms with E-state index in [2.05, 4.69) is 0 Å². The summed E-state index contributed by atoms with van der Waals surface area (Å²) in [4.78, 5) is 26.6. The second-order valence-electron chi connectivity index (χ2n) is 7.62. The van der Waals surface area contributed by atoms with Crippen LogP contribution in [0.3, 0.4) is 0 Å². The molecular formula is C25H25NO6. The fourth-order valence-electron chi connectivity index (χ4n) is 4.51. The number of carbonyl (C=O) groups excluding carboxylic acids is 1. The van der Waals surface area contributed by atoms with Crippen LogP contribution in [0.5, 0.6) is 17.2 Å². The van der Waals surface area contributed by atoms with Gasteiger partial charge in [0.05, 0.1) is 27.4 Å². The smallest absolute Gasteiger partial charge is 0.326 e. The van der Waals surface area contributed by atoms with E-state index in [-0.39, 0.29) is 18.7 Å². The summed E-state index contributed by atoms with van der Waals surface area (Å²) in [7, 11) is 4.57. The van der Waals surface area contributed by atoms with Gasteiger partial charge in [-0.3, -0.25) is 4.79 Å². The molecule has 0 saturated carbocycles. The molecule has 1 heterocycles. The van der Waals surface area contributed by atoms with Crippen LogP contribution in [0.1, 0.15) is 30.0 Å². The maximum Gasteiger partial charge on any atom is 0.326 e. The van der Waals surface area contributed by atoms with Gasteiger partial charge in [0.1, 0.15) is 6.04 Å². The summed E-state index contributed by atoms with van der Waals surface area (Å²) < 4.78 is 16.5. The van der Waals surface area contributed by atoms with Gasteiger partial charge in [-0.1, -0.05) is 42.5 Å². The molecule has 1 N–H and O–H groups in total. The molecule has 4 rings (SSSR count). The molecule has 1 aliphatic heterocycles. The maximum atomic E-state index is 13.0. The first-order chi connectivity index (χ1) is 15.5. The Labute approximate surface area is 186 Å². The zero-order valence-corrected chi connectivity index (χ0v) is 18.2. The third-order valence-electron chi connectivity index (χ3n) is 5.94. The van der Waals surface area contributed by atoms with Gasteiger partial charge in [0.15, 0.2) is 11.5 Å². The van der Waals surface area contributed by atoms with Crippen molar-refractivity contribution in [2.45, 2.75) is 24.9 Å². The average Bonchev–Trinajstić information content (AvgIpc) is 3.20. The van der Waals surface area contributed by atoms with Crippen LogP contribution in [0.25, 0.3) is 10.8 Å². The van der Waals surface area contributed by atoms with E-state index in [0.717, 1.165) is 16.3 Å². The lowest BCUT2D eigenvalue weighted by molar-refractivity contribution is -0.147. The van der Waals surface area contributed by atoms with Gasteiger partial charge in [0.25, 0.3) is 0 Å². The summed E-state index contributed by atoms with van der Waals surface area (Å²) in [5.74, 6) is 0.0757. The van der Waals surface area contributed by atoms with Crippen molar-refractivity contribution in [3.05, 3.63) is 65.7 Å². The SMILES string of the molecule is COc1cc([C@H](c2cccc3ccccc23)N2C(=O)CC[C@@H]2C(=O)O)cc(OC)c1OC. The van der Waals surface area contributed by atoms with Crippen molar-refractivity contribution in [2.24, 2.45) is 0 Å². The van der Waals surface area contributed by atoms with Crippen molar-refractivity contribution in [1.29, 1.82) is 0 Å². The highest BCUT2D eigenvalue weighted by molar-refractivity contribution is 5.91. The minimum Gasteiger partial charge on any atom is -0.493 e. The number of carboxylic acids is 1. The van der Waals surface area contributed by atoms with Crippen LogP contribution in [-0.2, 0) is 9.59 Å². The van der Waals surface area contributed by atoms with E-state index in [1.54, 1.807) is 12.1 Å². The molecule has 3 aromatic rings. The van der Waals surface area contributed by atoms with E-state index in [1.165, 1.54) is 26.2 Å². The lowest BCUT2D eigenvalue weighted by Crippen LogP contribution is -2.41. The number of amides is 1. The number of aliphatic carboxylic acids is 1. The van der Waals surface area contributed by atoms with Crippen LogP contribution in [-0.4, -0.2) is 49.3 Å². The Bertz CT molecular complexity index is 1140. The summed E-state index contributed by atoms with van der Waals surface area (Å²) in [6.45, 7) is 0. The molecule has 1 fully saturated rings. The topological polar surface area (TPSA) is 85.3 Å². The Balaban J connectivity index is 2.01. The predicted octanol–water partition coefficient (Wildman–Crippen LogP) is 4.03. The van der Waals surface area contributed by atoms with Crippen LogP contribution < -0.4 is 14.2 Å². The molecule has 0 radical (unpaired) electrons. The van der Waals surface area contributed by atoms with Crippen molar-refractivity contribution in [3.8, 4) is 17.2 Å². The number of fused-ring (bicyclic) bond motifs is 1. The van der Waals surface area contributed by atoms with E-state index in [4.69, 9.17) is 14.2 Å². The Morgan fingerprint density at radius 1 is 1.00 bits per heavy atom. The van der Waals surface area contributed by atoms with Gasteiger partial charge in [0.2, 0.25) is 11.7 Å². The van der Waals surface area contributed by atoms with Crippen molar-refractivity contribution < 1.29 is 28.9 Å². The van der Waals surface area contributed by atoms with Gasteiger partial charge >= 0.3 is 5.97 Å². The predicted molar refractivity (Wildman–Crippen MR) is 119 cm³/mol. The number of carboxylic acid groups (broad SMARTS) is 1. The maximum absolute atomic E-state index is 13.0. The number of benzene rings is 3. The van der Waals surface area contributed by atoms with E-state index in [0.29, 0.717) is 22.8 Å². The van der Waals surface area contributed by atoms with Crippen LogP contribution in [0, 0.1) is 0 Å². The van der Waals surface area contributed by atoms with Crippen molar-refractivity contribution in [1.82, 2.24) is 4.90 Å². The standard InChI is InChI=1S/C25H25NO6/c1-30-20-13-16(14-21(31-2)24(20)32-3)23(26-19(25(28)29)11-12-22(26)27)18-10-6-8-15-7-4-5-9-17(15)18/h4-10,13-14,19,23H,11-12H2,1-3H3,(H,28,29)/t19-,23-/m1/s1. The van der Waals surface area contributed by atoms with Gasteiger partial charge in [-0.25, -0.2) is 4.79 Å². The van der Waals surface area contributed by atoms with Gasteiger partial charge in [-0.2, -0.15) is 0 Å². The van der Waals surface area contributed by atoms with Crippen LogP contribution in [0.2, 0.25) is 0 Å². The van der Waals surface area contributed by atoms with E-state index in [1.807, 2.05) is 42.5 Å². The molecule has 1 aliphatic rings. The molecule has 7 heteroatoms. The summed E-state index contributed by atoms with van der Waals surface area (Å²) in [6, 6.07) is 15.7. The van der Waals surface area contributed by atoms with Crippen molar-refractivity contribution in [2.75, 3.05) is 21.3 Å². The lowest BCUT2D eigenvalue weighted by Gasteiger charge is -2.33. The molecule has 3 aromatic carbocycles. The average molecular weight is 435 g/mol. The molecule has 1 amide bonds. The molecule has 0 spiro atoms. The number of carbonyl (C=O) groups is 2. The number of ether oxygens (including phenoxy) is 3. The highest BCUT2D eigenvalue weighted by Crippen LogP contribution is 2.45. The zero-order chi connectivity index (χ0) is 22.8. The monoisotopic (exact) mass is 435 g/mol. The summed E-state index contributed by atoms with van der Waals surface area (Å²) in [6.07, 6.45) is 0.447. The molecule has 2 atom stereocenters. The minimum atomic E-state index is -1.02. The molecule has 0 bridgehead atoms. The number of hydrogen-bond acceptors (Lipinski definition) is 5. The molecule has 0 aromatic heterocycles. The second-order valence-corrected chi connectivity index (χ2v) is 7.62. The Kier molecular flexibility index (Phi) is 5.90. The molecule has 0 unspecified atom stereocenters. The highest BCUT2D eigenvalue weighted by Gasteiger charge is 2.42. The van der Waals surface area contributed by atoms with Crippen molar-refractivity contribution >= 4 is 22.6 Å². The second kappa shape index (κ2) is 8.78. The Morgan fingerprint density at radius 3 is 2.28 bits per heavy atom. The summed E-state index contributed by atoms with van der Waals surface area (Å²) in [5.41, 5.74) is 1.51. The van der Waals surface area contributed by atoms with E-state index in [9.17, 15) is 14.7 Å². The number of nitrogens with zero attached hydrogens (tertiary/aromatic N) is 1. The number of rotatable bonds is 7. The number of likely N-dealkylation sites (tertiary alicyclic amines) is 1. The first kappa shape index (κ1) is 21.5. The van der Waals surface area contributed by atoms with Crippen LogP contribution in [0.4, 0.5) is 0 Å². The Morgan fingerprint density at radius 2 is 1.66 bits per heavy atom. The first-order valence-electron chi connectivity index (χ1n) is 10.3. The number of hydrogen-bond donors (Lipinski definition) is 1. The largest absolute Gasteiger partial charge is 0.493 e. The molecular weight excluding hydrogens is 410 g/mol.